The second kappa shape index (κ2) is 7.00. The van der Waals surface area contributed by atoms with Gasteiger partial charge in [-0.3, -0.25) is 4.79 Å². The van der Waals surface area contributed by atoms with Crippen LogP contribution in [0, 0.1) is 12.3 Å². The number of aryl methyl sites for hydroxylation is 2. The van der Waals surface area contributed by atoms with Crippen LogP contribution in [0.15, 0.2) is 24.4 Å². The van der Waals surface area contributed by atoms with Gasteiger partial charge >= 0.3 is 5.97 Å². The first-order valence-corrected chi connectivity index (χ1v) is 9.44. The van der Waals surface area contributed by atoms with E-state index < -0.39 is 16.9 Å². The van der Waals surface area contributed by atoms with E-state index >= 15 is 0 Å². The molecule has 1 fully saturated rings. The topological polar surface area (TPSA) is 91.4 Å². The molecule has 2 aromatic rings. The smallest absolute Gasteiger partial charge is 0.330 e. The lowest BCUT2D eigenvalue weighted by Crippen LogP contribution is -2.76. The number of hydrogen-bond acceptors (Lipinski definition) is 3. The molecule has 0 radical (unpaired) electrons. The third-order valence-electron chi connectivity index (χ3n) is 6.11. The molecule has 3 N–H and O–H groups in total. The molecule has 2 atom stereocenters. The summed E-state index contributed by atoms with van der Waals surface area (Å²) in [5.41, 5.74) is 1.36. The van der Waals surface area contributed by atoms with E-state index in [1.165, 1.54) is 0 Å². The highest BCUT2D eigenvalue weighted by Gasteiger charge is 2.66. The van der Waals surface area contributed by atoms with Crippen molar-refractivity contribution < 1.29 is 19.4 Å². The zero-order valence-electron chi connectivity index (χ0n) is 16.4. The van der Waals surface area contributed by atoms with E-state index in [0.29, 0.717) is 19.4 Å². The second-order valence-corrected chi connectivity index (χ2v) is 7.94. The summed E-state index contributed by atoms with van der Waals surface area (Å²) >= 11 is 0. The number of benzene rings is 1. The lowest BCUT2D eigenvalue weighted by Gasteiger charge is -2.58. The van der Waals surface area contributed by atoms with Gasteiger partial charge in [0.05, 0.1) is 6.10 Å². The van der Waals surface area contributed by atoms with Crippen LogP contribution in [-0.4, -0.2) is 40.2 Å². The summed E-state index contributed by atoms with van der Waals surface area (Å²) in [6.45, 7) is 8.14. The molecular weight excluding hydrogens is 344 g/mol. The molecule has 3 rings (SSSR count). The Kier molecular flexibility index (Phi) is 5.04. The van der Waals surface area contributed by atoms with Crippen LogP contribution in [0.3, 0.4) is 0 Å². The largest absolute Gasteiger partial charge is 0.479 e. The monoisotopic (exact) mass is 372 g/mol. The van der Waals surface area contributed by atoms with E-state index in [1.54, 1.807) is 0 Å². The SMILES string of the molecule is CCOC1CC(NC(=O)CCc2c[nH]c3c(C)cccc23)(C(=O)O)C1(C)C. The molecule has 1 aromatic carbocycles. The number of aromatic amines is 1. The molecule has 6 heteroatoms. The summed E-state index contributed by atoms with van der Waals surface area (Å²) in [5.74, 6) is -1.25. The van der Waals surface area contributed by atoms with Crippen molar-refractivity contribution in [2.24, 2.45) is 5.41 Å². The standard InChI is InChI=1S/C21H28N2O4/c1-5-27-16-11-21(19(25)26,20(16,3)4)23-17(24)10-9-14-12-22-18-13(2)7-6-8-15(14)18/h6-8,12,16,22H,5,9-11H2,1-4H3,(H,23,24)(H,25,26). The van der Waals surface area contributed by atoms with Gasteiger partial charge in [-0.2, -0.15) is 0 Å². The van der Waals surface area contributed by atoms with E-state index in [0.717, 1.165) is 22.0 Å². The fraction of sp³-hybridized carbons (Fsp3) is 0.524. The molecule has 1 aromatic heterocycles. The Morgan fingerprint density at radius 3 is 2.74 bits per heavy atom. The van der Waals surface area contributed by atoms with Crippen molar-refractivity contribution in [3.05, 3.63) is 35.5 Å². The quantitative estimate of drug-likeness (QED) is 0.696. The van der Waals surface area contributed by atoms with Gasteiger partial charge in [0.1, 0.15) is 5.54 Å². The van der Waals surface area contributed by atoms with Gasteiger partial charge in [0.15, 0.2) is 0 Å². The predicted molar refractivity (Wildman–Crippen MR) is 104 cm³/mol. The normalized spacial score (nSPS) is 23.8. The fourth-order valence-electron chi connectivity index (χ4n) is 4.16. The highest BCUT2D eigenvalue weighted by atomic mass is 16.5. The van der Waals surface area contributed by atoms with Crippen molar-refractivity contribution in [1.82, 2.24) is 10.3 Å². The van der Waals surface area contributed by atoms with Crippen LogP contribution in [0.25, 0.3) is 10.9 Å². The Balaban J connectivity index is 1.69. The molecule has 27 heavy (non-hydrogen) atoms. The second-order valence-electron chi connectivity index (χ2n) is 7.94. The highest BCUT2D eigenvalue weighted by Crippen LogP contribution is 2.51. The van der Waals surface area contributed by atoms with Crippen LogP contribution in [0.5, 0.6) is 0 Å². The maximum Gasteiger partial charge on any atom is 0.330 e. The summed E-state index contributed by atoms with van der Waals surface area (Å²) in [6.07, 6.45) is 2.85. The van der Waals surface area contributed by atoms with Crippen molar-refractivity contribution in [1.29, 1.82) is 0 Å². The predicted octanol–water partition coefficient (Wildman–Crippen LogP) is 3.18. The van der Waals surface area contributed by atoms with E-state index in [9.17, 15) is 14.7 Å². The van der Waals surface area contributed by atoms with Crippen molar-refractivity contribution in [3.8, 4) is 0 Å². The van der Waals surface area contributed by atoms with E-state index in [-0.39, 0.29) is 18.4 Å². The molecule has 6 nitrogen and oxygen atoms in total. The number of fused-ring (bicyclic) bond motifs is 1. The molecule has 0 bridgehead atoms. The van der Waals surface area contributed by atoms with Gasteiger partial charge in [-0.15, -0.1) is 0 Å². The number of carboxylic acids is 1. The van der Waals surface area contributed by atoms with E-state index in [2.05, 4.69) is 10.3 Å². The van der Waals surface area contributed by atoms with Crippen LogP contribution >= 0.6 is 0 Å². The summed E-state index contributed by atoms with van der Waals surface area (Å²) in [7, 11) is 0. The molecule has 2 unspecified atom stereocenters. The van der Waals surface area contributed by atoms with Gasteiger partial charge < -0.3 is 20.1 Å². The molecule has 0 saturated heterocycles. The third kappa shape index (κ3) is 3.12. The Bertz CT molecular complexity index is 870. The number of para-hydroxylation sites is 1. The molecule has 146 valence electrons. The lowest BCUT2D eigenvalue weighted by molar-refractivity contribution is -0.194. The minimum absolute atomic E-state index is 0.171. The van der Waals surface area contributed by atoms with Crippen molar-refractivity contribution in [2.75, 3.05) is 6.61 Å². The van der Waals surface area contributed by atoms with Crippen LogP contribution in [0.2, 0.25) is 0 Å². The van der Waals surface area contributed by atoms with Gasteiger partial charge in [-0.25, -0.2) is 4.79 Å². The number of ether oxygens (including phenoxy) is 1. The number of aromatic nitrogens is 1. The maximum atomic E-state index is 12.6. The van der Waals surface area contributed by atoms with Gasteiger partial charge in [-0.1, -0.05) is 32.0 Å². The fourth-order valence-corrected chi connectivity index (χ4v) is 4.16. The number of amides is 1. The van der Waals surface area contributed by atoms with Crippen molar-refractivity contribution >= 4 is 22.8 Å². The molecule has 1 aliphatic carbocycles. The number of carboxylic acid groups (broad SMARTS) is 1. The summed E-state index contributed by atoms with van der Waals surface area (Å²) in [5, 5.41) is 13.7. The Morgan fingerprint density at radius 2 is 2.11 bits per heavy atom. The van der Waals surface area contributed by atoms with Gasteiger partial charge in [-0.05, 0) is 31.4 Å². The van der Waals surface area contributed by atoms with E-state index in [1.807, 2.05) is 52.1 Å². The molecule has 1 amide bonds. The van der Waals surface area contributed by atoms with Crippen LogP contribution in [-0.2, 0) is 20.7 Å². The molecular formula is C21H28N2O4. The molecule has 1 heterocycles. The zero-order chi connectivity index (χ0) is 19.8. The van der Waals surface area contributed by atoms with Gasteiger partial charge in [0, 0.05) is 42.0 Å². The Hall–Kier alpha value is -2.34. The Labute approximate surface area is 159 Å². The molecule has 1 saturated carbocycles. The third-order valence-corrected chi connectivity index (χ3v) is 6.11. The van der Waals surface area contributed by atoms with Crippen molar-refractivity contribution in [2.45, 2.75) is 58.6 Å². The molecule has 0 aliphatic heterocycles. The summed E-state index contributed by atoms with van der Waals surface area (Å²) in [4.78, 5) is 27.8. The first-order valence-electron chi connectivity index (χ1n) is 9.44. The maximum absolute atomic E-state index is 12.6. The number of aliphatic carboxylic acids is 1. The zero-order valence-corrected chi connectivity index (χ0v) is 16.4. The van der Waals surface area contributed by atoms with Gasteiger partial charge in [0.25, 0.3) is 0 Å². The van der Waals surface area contributed by atoms with Gasteiger partial charge in [0.2, 0.25) is 5.91 Å². The minimum Gasteiger partial charge on any atom is -0.479 e. The van der Waals surface area contributed by atoms with Crippen LogP contribution < -0.4 is 5.32 Å². The number of carbonyl (C=O) groups excluding carboxylic acids is 1. The summed E-state index contributed by atoms with van der Waals surface area (Å²) in [6, 6.07) is 6.07. The van der Waals surface area contributed by atoms with Crippen LogP contribution in [0.4, 0.5) is 0 Å². The first-order chi connectivity index (χ1) is 12.7. The Morgan fingerprint density at radius 1 is 1.37 bits per heavy atom. The lowest BCUT2D eigenvalue weighted by atomic mass is 9.54. The number of carbonyl (C=O) groups is 2. The number of nitrogens with one attached hydrogen (secondary N) is 2. The first kappa shape index (κ1) is 19.4. The molecule has 0 spiro atoms. The van der Waals surface area contributed by atoms with Crippen molar-refractivity contribution in [3.63, 3.8) is 0 Å². The number of hydrogen-bond donors (Lipinski definition) is 3. The number of H-pyrrole nitrogens is 1. The summed E-state index contributed by atoms with van der Waals surface area (Å²) < 4.78 is 5.64. The average molecular weight is 372 g/mol. The highest BCUT2D eigenvalue weighted by molar-refractivity contribution is 5.90. The molecule has 1 aliphatic rings. The minimum atomic E-state index is -1.28. The average Bonchev–Trinajstić information content (AvgIpc) is 3.03. The number of rotatable bonds is 7. The van der Waals surface area contributed by atoms with Crippen LogP contribution in [0.1, 0.15) is 44.7 Å². The van der Waals surface area contributed by atoms with E-state index in [4.69, 9.17) is 4.74 Å².